The third-order valence-electron chi connectivity index (χ3n) is 5.58. The largest absolute Gasteiger partial charge is 0.493 e. The van der Waals surface area contributed by atoms with Gasteiger partial charge in [-0.1, -0.05) is 15.9 Å². The van der Waals surface area contributed by atoms with Crippen molar-refractivity contribution in [3.63, 3.8) is 0 Å². The first-order valence-electron chi connectivity index (χ1n) is 10.2. The Kier molecular flexibility index (Phi) is 6.32. The minimum atomic E-state index is 0.676. The lowest BCUT2D eigenvalue weighted by Crippen LogP contribution is -2.40. The number of halogens is 1. The molecule has 5 nitrogen and oxygen atoms in total. The average molecular weight is 473 g/mol. The van der Waals surface area contributed by atoms with E-state index in [2.05, 4.69) is 51.0 Å². The molecule has 0 N–H and O–H groups in total. The fourth-order valence-electron chi connectivity index (χ4n) is 4.04. The Morgan fingerprint density at radius 1 is 0.933 bits per heavy atom. The van der Waals surface area contributed by atoms with Crippen molar-refractivity contribution in [2.45, 2.75) is 25.8 Å². The molecule has 0 radical (unpaired) electrons. The van der Waals surface area contributed by atoms with Gasteiger partial charge in [0, 0.05) is 17.8 Å². The maximum atomic E-state index is 6.07. The minimum Gasteiger partial charge on any atom is -0.493 e. The van der Waals surface area contributed by atoms with Crippen molar-refractivity contribution in [3.8, 4) is 34.3 Å². The summed E-state index contributed by atoms with van der Waals surface area (Å²) >= 11 is 3.47. The van der Waals surface area contributed by atoms with Gasteiger partial charge in [0.05, 0.1) is 38.9 Å². The number of hydrogen-bond donors (Lipinski definition) is 0. The minimum absolute atomic E-state index is 0.676. The predicted molar refractivity (Wildman–Crippen MR) is 121 cm³/mol. The van der Waals surface area contributed by atoms with Crippen molar-refractivity contribution in [1.29, 1.82) is 0 Å². The monoisotopic (exact) mass is 472 g/mol. The Morgan fingerprint density at radius 3 is 2.50 bits per heavy atom. The van der Waals surface area contributed by atoms with E-state index in [9.17, 15) is 0 Å². The molecule has 3 aromatic rings. The van der Waals surface area contributed by atoms with Crippen LogP contribution in [0.15, 0.2) is 36.5 Å². The first kappa shape index (κ1) is 20.8. The van der Waals surface area contributed by atoms with Crippen LogP contribution in [-0.4, -0.2) is 33.3 Å². The second-order valence-corrected chi connectivity index (χ2v) is 8.10. The predicted octanol–water partition coefficient (Wildman–Crippen LogP) is 4.93. The van der Waals surface area contributed by atoms with Crippen molar-refractivity contribution in [2.75, 3.05) is 33.3 Å². The van der Waals surface area contributed by atoms with Crippen LogP contribution in [0.1, 0.15) is 18.4 Å². The standard InChI is InChI=1S/C24H27BrNO4/c1-27-21-7-6-16-12-20-18-14-23(30-11-5-4-9-25)22(28-2)13-17(18)8-10-26(20)15-19(16)24(21)29-3/h6-7,12-15H,4-5,8-11H2,1-3H3/q+1. The van der Waals surface area contributed by atoms with Gasteiger partial charge >= 0.3 is 0 Å². The lowest BCUT2D eigenvalue weighted by atomic mass is 9.95. The maximum Gasteiger partial charge on any atom is 0.213 e. The summed E-state index contributed by atoms with van der Waals surface area (Å²) in [7, 11) is 5.05. The summed E-state index contributed by atoms with van der Waals surface area (Å²) in [5.41, 5.74) is 3.64. The second kappa shape index (κ2) is 9.13. The molecule has 2 heterocycles. The summed E-state index contributed by atoms with van der Waals surface area (Å²) in [6, 6.07) is 10.5. The van der Waals surface area contributed by atoms with Crippen molar-refractivity contribution < 1.29 is 23.5 Å². The highest BCUT2D eigenvalue weighted by atomic mass is 79.9. The third kappa shape index (κ3) is 3.81. The van der Waals surface area contributed by atoms with Crippen LogP contribution in [0, 0.1) is 0 Å². The fraction of sp³-hybridized carbons (Fsp3) is 0.375. The molecule has 158 valence electrons. The molecular formula is C24H27BrNO4+. The number of nitrogens with zero attached hydrogens (tertiary/aromatic N) is 1. The third-order valence-corrected chi connectivity index (χ3v) is 6.14. The van der Waals surface area contributed by atoms with E-state index in [0.717, 1.165) is 64.9 Å². The summed E-state index contributed by atoms with van der Waals surface area (Å²) in [4.78, 5) is 0. The molecule has 0 saturated heterocycles. The van der Waals surface area contributed by atoms with Gasteiger partial charge in [-0.05, 0) is 48.1 Å². The van der Waals surface area contributed by atoms with E-state index in [1.807, 2.05) is 6.07 Å². The van der Waals surface area contributed by atoms with Gasteiger partial charge in [-0.15, -0.1) is 0 Å². The topological polar surface area (TPSA) is 40.8 Å². The van der Waals surface area contributed by atoms with Crippen molar-refractivity contribution in [3.05, 3.63) is 42.1 Å². The summed E-state index contributed by atoms with van der Waals surface area (Å²) in [5.74, 6) is 3.10. The SMILES string of the molecule is COc1cc2c(cc1OCCCCBr)-c1cc3ccc(OC)c(OC)c3c[n+]1CC2. The molecule has 4 rings (SSSR count). The van der Waals surface area contributed by atoms with E-state index < -0.39 is 0 Å². The molecule has 30 heavy (non-hydrogen) atoms. The normalized spacial score (nSPS) is 12.3. The Hall–Kier alpha value is -2.47. The van der Waals surface area contributed by atoms with Crippen LogP contribution in [-0.2, 0) is 13.0 Å². The van der Waals surface area contributed by atoms with Crippen LogP contribution in [0.2, 0.25) is 0 Å². The van der Waals surface area contributed by atoms with E-state index in [4.69, 9.17) is 18.9 Å². The zero-order valence-corrected chi connectivity index (χ0v) is 19.3. The van der Waals surface area contributed by atoms with Gasteiger partial charge in [0.1, 0.15) is 0 Å². The molecule has 1 aliphatic heterocycles. The maximum absolute atomic E-state index is 6.07. The average Bonchev–Trinajstić information content (AvgIpc) is 2.79. The van der Waals surface area contributed by atoms with Crippen LogP contribution in [0.25, 0.3) is 22.0 Å². The number of rotatable bonds is 8. The molecule has 0 amide bonds. The highest BCUT2D eigenvalue weighted by Gasteiger charge is 2.27. The number of unbranched alkanes of at least 4 members (excludes halogenated alkanes) is 1. The fourth-order valence-corrected chi connectivity index (χ4v) is 4.43. The molecule has 0 saturated carbocycles. The smallest absolute Gasteiger partial charge is 0.213 e. The van der Waals surface area contributed by atoms with E-state index in [-0.39, 0.29) is 0 Å². The van der Waals surface area contributed by atoms with Gasteiger partial charge in [0.15, 0.2) is 35.7 Å². The molecule has 0 fully saturated rings. The molecule has 0 bridgehead atoms. The van der Waals surface area contributed by atoms with E-state index >= 15 is 0 Å². The summed E-state index contributed by atoms with van der Waals surface area (Å²) < 4.78 is 25.1. The van der Waals surface area contributed by atoms with Gasteiger partial charge in [-0.2, -0.15) is 4.57 Å². The molecule has 1 aromatic heterocycles. The van der Waals surface area contributed by atoms with Crippen LogP contribution in [0.3, 0.4) is 0 Å². The number of ether oxygens (including phenoxy) is 4. The van der Waals surface area contributed by atoms with E-state index in [1.54, 1.807) is 21.3 Å². The number of aryl methyl sites for hydroxylation is 2. The number of pyridine rings is 1. The van der Waals surface area contributed by atoms with Gasteiger partial charge in [-0.3, -0.25) is 0 Å². The first-order chi connectivity index (χ1) is 14.7. The van der Waals surface area contributed by atoms with Crippen LogP contribution in [0.4, 0.5) is 0 Å². The Bertz CT molecular complexity index is 1070. The van der Waals surface area contributed by atoms with E-state index in [1.165, 1.54) is 16.8 Å². The lowest BCUT2D eigenvalue weighted by molar-refractivity contribution is -0.686. The molecule has 0 atom stereocenters. The van der Waals surface area contributed by atoms with E-state index in [0.29, 0.717) is 6.61 Å². The Labute approximate surface area is 185 Å². The molecule has 1 aliphatic rings. The number of alkyl halides is 1. The number of benzene rings is 2. The first-order valence-corrected chi connectivity index (χ1v) is 11.3. The van der Waals surface area contributed by atoms with Crippen molar-refractivity contribution in [2.24, 2.45) is 0 Å². The van der Waals surface area contributed by atoms with Crippen LogP contribution >= 0.6 is 15.9 Å². The van der Waals surface area contributed by atoms with Crippen LogP contribution in [0.5, 0.6) is 23.0 Å². The van der Waals surface area contributed by atoms with Gasteiger partial charge in [-0.25, -0.2) is 0 Å². The van der Waals surface area contributed by atoms with Crippen LogP contribution < -0.4 is 23.5 Å². The quantitative estimate of drug-likeness (QED) is 0.264. The molecular weight excluding hydrogens is 446 g/mol. The van der Waals surface area contributed by atoms with Crippen molar-refractivity contribution in [1.82, 2.24) is 0 Å². The number of fused-ring (bicyclic) bond motifs is 4. The van der Waals surface area contributed by atoms with Crippen molar-refractivity contribution >= 4 is 26.7 Å². The lowest BCUT2D eigenvalue weighted by Gasteiger charge is -2.19. The highest BCUT2D eigenvalue weighted by molar-refractivity contribution is 9.09. The number of methoxy groups -OCH3 is 3. The summed E-state index contributed by atoms with van der Waals surface area (Å²) in [6.45, 7) is 1.57. The molecule has 2 aromatic carbocycles. The summed E-state index contributed by atoms with van der Waals surface area (Å²) in [5, 5.41) is 3.15. The summed E-state index contributed by atoms with van der Waals surface area (Å²) in [6.07, 6.45) is 5.19. The van der Waals surface area contributed by atoms with Gasteiger partial charge < -0.3 is 18.9 Å². The Balaban J connectivity index is 1.79. The second-order valence-electron chi connectivity index (χ2n) is 7.31. The number of hydrogen-bond acceptors (Lipinski definition) is 4. The molecule has 0 aliphatic carbocycles. The Morgan fingerprint density at radius 2 is 1.77 bits per heavy atom. The highest BCUT2D eigenvalue weighted by Crippen LogP contribution is 2.40. The zero-order chi connectivity index (χ0) is 21.1. The number of aromatic nitrogens is 1. The molecule has 0 unspecified atom stereocenters. The zero-order valence-electron chi connectivity index (χ0n) is 17.7. The molecule has 0 spiro atoms. The molecule has 6 heteroatoms. The van der Waals surface area contributed by atoms with Gasteiger partial charge in [0.2, 0.25) is 5.69 Å². The van der Waals surface area contributed by atoms with Gasteiger partial charge in [0.25, 0.3) is 0 Å².